The van der Waals surface area contributed by atoms with E-state index in [1.807, 2.05) is 0 Å². The molecule has 0 aliphatic heterocycles. The van der Waals surface area contributed by atoms with E-state index in [1.54, 1.807) is 11.4 Å². The number of nitrogens with one attached hydrogen (secondary N) is 2. The highest BCUT2D eigenvalue weighted by Gasteiger charge is 2.20. The number of carbonyl (C=O) groups is 3. The number of benzene rings is 2. The molecule has 3 rings (SSSR count). The smallest absolute Gasteiger partial charge is 0.254 e. The summed E-state index contributed by atoms with van der Waals surface area (Å²) in [5, 5.41) is 7.51. The average Bonchev–Trinajstić information content (AvgIpc) is 3.25. The third kappa shape index (κ3) is 7.72. The average molecular weight is 539 g/mol. The Hall–Kier alpha value is -3.05. The number of anilines is 2. The molecule has 0 atom stereocenters. The van der Waals surface area contributed by atoms with Gasteiger partial charge in [-0.3, -0.25) is 14.4 Å². The summed E-state index contributed by atoms with van der Waals surface area (Å²) in [7, 11) is 1.49. The van der Waals surface area contributed by atoms with E-state index < -0.39 is 23.5 Å². The number of hydrogen-bond acceptors (Lipinski definition) is 6. The Kier molecular flexibility index (Phi) is 9.55. The Balaban J connectivity index is 1.59. The maximum Gasteiger partial charge on any atom is 0.254 e. The number of nitrogens with zero attached hydrogens (tertiary/aromatic N) is 2. The van der Waals surface area contributed by atoms with Crippen LogP contribution < -0.4 is 10.6 Å². The highest BCUT2D eigenvalue weighted by atomic mass is 35.5. The Morgan fingerprint density at radius 2 is 1.86 bits per heavy atom. The molecule has 3 aromatic rings. The van der Waals surface area contributed by atoms with Gasteiger partial charge < -0.3 is 20.3 Å². The number of methoxy groups -OCH3 is 1. The number of carbonyl (C=O) groups excluding carboxylic acids is 3. The molecule has 0 unspecified atom stereocenters. The van der Waals surface area contributed by atoms with Crippen molar-refractivity contribution in [1.29, 1.82) is 0 Å². The molecule has 1 aromatic heterocycles. The van der Waals surface area contributed by atoms with Gasteiger partial charge in [-0.2, -0.15) is 0 Å². The minimum atomic E-state index is -0.541. The molecule has 3 amide bonds. The lowest BCUT2D eigenvalue weighted by molar-refractivity contribution is -0.117. The van der Waals surface area contributed by atoms with E-state index in [9.17, 15) is 18.8 Å². The molecule has 8 nitrogen and oxygen atoms in total. The van der Waals surface area contributed by atoms with Crippen LogP contribution in [0.4, 0.5) is 15.2 Å². The van der Waals surface area contributed by atoms with Crippen LogP contribution in [0.25, 0.3) is 0 Å². The van der Waals surface area contributed by atoms with E-state index in [1.165, 1.54) is 48.4 Å². The minimum Gasteiger partial charge on any atom is -0.383 e. The first-order chi connectivity index (χ1) is 16.8. The predicted molar refractivity (Wildman–Crippen MR) is 134 cm³/mol. The topological polar surface area (TPSA) is 101 Å². The van der Waals surface area contributed by atoms with Crippen molar-refractivity contribution in [2.45, 2.75) is 6.42 Å². The third-order valence-corrected chi connectivity index (χ3v) is 6.19. The Bertz CT molecular complexity index is 1220. The molecule has 0 aliphatic carbocycles. The van der Waals surface area contributed by atoms with Crippen molar-refractivity contribution >= 4 is 63.1 Å². The van der Waals surface area contributed by atoms with Crippen LogP contribution in [0.1, 0.15) is 16.1 Å². The first-order valence-electron chi connectivity index (χ1n) is 10.3. The van der Waals surface area contributed by atoms with Crippen LogP contribution in [0.2, 0.25) is 10.0 Å². The van der Waals surface area contributed by atoms with Crippen molar-refractivity contribution in [2.24, 2.45) is 0 Å². The Morgan fingerprint density at radius 1 is 1.09 bits per heavy atom. The van der Waals surface area contributed by atoms with Crippen molar-refractivity contribution in [3.8, 4) is 0 Å². The summed E-state index contributed by atoms with van der Waals surface area (Å²) in [6, 6.07) is 10.3. The number of para-hydroxylation sites is 1. The van der Waals surface area contributed by atoms with Crippen molar-refractivity contribution in [2.75, 3.05) is 37.4 Å². The summed E-state index contributed by atoms with van der Waals surface area (Å²) >= 11 is 13.1. The zero-order chi connectivity index (χ0) is 25.4. The highest BCUT2D eigenvalue weighted by molar-refractivity contribution is 7.13. The fraction of sp³-hybridized carbons (Fsp3) is 0.217. The van der Waals surface area contributed by atoms with Gasteiger partial charge >= 0.3 is 0 Å². The Morgan fingerprint density at radius 3 is 2.57 bits per heavy atom. The van der Waals surface area contributed by atoms with Gasteiger partial charge in [-0.1, -0.05) is 35.3 Å². The summed E-state index contributed by atoms with van der Waals surface area (Å²) in [6.45, 7) is 0.131. The summed E-state index contributed by atoms with van der Waals surface area (Å²) in [6.07, 6.45) is -0.101. The number of hydrogen-bond donors (Lipinski definition) is 2. The fourth-order valence-electron chi connectivity index (χ4n) is 2.96. The predicted octanol–water partition coefficient (Wildman–Crippen LogP) is 4.50. The quantitative estimate of drug-likeness (QED) is 0.395. The minimum absolute atomic E-state index is 0.0732. The molecule has 1 heterocycles. The maximum atomic E-state index is 13.7. The van der Waals surface area contributed by atoms with E-state index in [4.69, 9.17) is 27.9 Å². The molecule has 184 valence electrons. The zero-order valence-corrected chi connectivity index (χ0v) is 20.8. The van der Waals surface area contributed by atoms with Gasteiger partial charge in [0, 0.05) is 24.6 Å². The van der Waals surface area contributed by atoms with Crippen LogP contribution in [-0.4, -0.2) is 54.4 Å². The van der Waals surface area contributed by atoms with E-state index >= 15 is 0 Å². The summed E-state index contributed by atoms with van der Waals surface area (Å²) in [5.74, 6) is -1.89. The van der Waals surface area contributed by atoms with Gasteiger partial charge in [0.2, 0.25) is 11.8 Å². The molecular weight excluding hydrogens is 518 g/mol. The number of aromatic nitrogens is 1. The van der Waals surface area contributed by atoms with Crippen LogP contribution in [0, 0.1) is 5.82 Å². The lowest BCUT2D eigenvalue weighted by Gasteiger charge is -2.22. The molecule has 0 spiro atoms. The SMILES string of the molecule is COCCN(CC(=O)Nc1nc(CC(=O)Nc2ccccc2F)cs1)C(=O)c1ccc(Cl)c(Cl)c1. The Labute approximate surface area is 215 Å². The molecule has 2 N–H and O–H groups in total. The lowest BCUT2D eigenvalue weighted by atomic mass is 10.2. The molecule has 2 aromatic carbocycles. The molecular formula is C23H21Cl2FN4O4S. The van der Waals surface area contributed by atoms with Gasteiger partial charge in [0.1, 0.15) is 12.4 Å². The molecule has 0 saturated heterocycles. The fourth-order valence-corrected chi connectivity index (χ4v) is 3.99. The van der Waals surface area contributed by atoms with Crippen molar-refractivity contribution < 1.29 is 23.5 Å². The molecule has 0 fully saturated rings. The third-order valence-electron chi connectivity index (χ3n) is 4.64. The maximum absolute atomic E-state index is 13.7. The van der Waals surface area contributed by atoms with E-state index in [2.05, 4.69) is 15.6 Å². The van der Waals surface area contributed by atoms with Gasteiger partial charge in [0.15, 0.2) is 5.13 Å². The molecule has 0 radical (unpaired) electrons. The van der Waals surface area contributed by atoms with Crippen LogP contribution >= 0.6 is 34.5 Å². The van der Waals surface area contributed by atoms with E-state index in [0.29, 0.717) is 10.7 Å². The van der Waals surface area contributed by atoms with Crippen LogP contribution in [0.5, 0.6) is 0 Å². The molecule has 35 heavy (non-hydrogen) atoms. The van der Waals surface area contributed by atoms with Crippen molar-refractivity contribution in [1.82, 2.24) is 9.88 Å². The lowest BCUT2D eigenvalue weighted by Crippen LogP contribution is -2.40. The largest absolute Gasteiger partial charge is 0.383 e. The zero-order valence-electron chi connectivity index (χ0n) is 18.5. The number of halogens is 3. The van der Waals surface area contributed by atoms with Gasteiger partial charge in [-0.05, 0) is 30.3 Å². The summed E-state index contributed by atoms with van der Waals surface area (Å²) in [4.78, 5) is 43.2. The molecule has 0 saturated carbocycles. The second-order valence-electron chi connectivity index (χ2n) is 7.25. The molecule has 0 aliphatic rings. The first kappa shape index (κ1) is 26.6. The number of rotatable bonds is 10. The normalized spacial score (nSPS) is 10.6. The number of amides is 3. The monoisotopic (exact) mass is 538 g/mol. The molecule has 12 heteroatoms. The van der Waals surface area contributed by atoms with Crippen LogP contribution in [-0.2, 0) is 20.7 Å². The summed E-state index contributed by atoms with van der Waals surface area (Å²) in [5.41, 5.74) is 0.756. The second kappa shape index (κ2) is 12.6. The summed E-state index contributed by atoms with van der Waals surface area (Å²) < 4.78 is 18.7. The van der Waals surface area contributed by atoms with Gasteiger partial charge in [0.25, 0.3) is 5.91 Å². The second-order valence-corrected chi connectivity index (χ2v) is 8.92. The van der Waals surface area contributed by atoms with Crippen molar-refractivity contribution in [3.05, 3.63) is 75.0 Å². The highest BCUT2D eigenvalue weighted by Crippen LogP contribution is 2.23. The van der Waals surface area contributed by atoms with E-state index in [-0.39, 0.29) is 47.5 Å². The number of ether oxygens (including phenoxy) is 1. The number of thiazole rings is 1. The van der Waals surface area contributed by atoms with Crippen LogP contribution in [0.3, 0.4) is 0 Å². The van der Waals surface area contributed by atoms with Crippen LogP contribution in [0.15, 0.2) is 47.8 Å². The van der Waals surface area contributed by atoms with Gasteiger partial charge in [0.05, 0.1) is 34.5 Å². The van der Waals surface area contributed by atoms with Gasteiger partial charge in [-0.25, -0.2) is 9.37 Å². The molecule has 0 bridgehead atoms. The van der Waals surface area contributed by atoms with Gasteiger partial charge in [-0.15, -0.1) is 11.3 Å². The van der Waals surface area contributed by atoms with Crippen molar-refractivity contribution in [3.63, 3.8) is 0 Å². The first-order valence-corrected chi connectivity index (χ1v) is 11.9. The standard InChI is InChI=1S/C23H21Cl2FN4O4S/c1-34-9-8-30(22(33)14-6-7-16(24)17(25)10-14)12-21(32)29-23-27-15(13-35-23)11-20(31)28-19-5-3-2-4-18(19)26/h2-7,10,13H,8-9,11-12H2,1H3,(H,28,31)(H,27,29,32). The van der Waals surface area contributed by atoms with E-state index in [0.717, 1.165) is 11.3 Å².